The third kappa shape index (κ3) is 20.8. The molecular formula is C29H62O5PS+. The van der Waals surface area contributed by atoms with Crippen molar-refractivity contribution < 1.29 is 22.5 Å². The van der Waals surface area contributed by atoms with Crippen molar-refractivity contribution in [1.82, 2.24) is 0 Å². The van der Waals surface area contributed by atoms with Crippen molar-refractivity contribution in [1.29, 1.82) is 0 Å². The van der Waals surface area contributed by atoms with E-state index in [2.05, 4.69) is 39.4 Å². The summed E-state index contributed by atoms with van der Waals surface area (Å²) in [5.74, 6) is -0.884. The van der Waals surface area contributed by atoms with Crippen LogP contribution in [0.3, 0.4) is 0 Å². The van der Waals surface area contributed by atoms with Gasteiger partial charge in [0.1, 0.15) is 0 Å². The van der Waals surface area contributed by atoms with Crippen molar-refractivity contribution in [2.24, 2.45) is 0 Å². The molecule has 0 saturated heterocycles. The molecule has 0 aromatic carbocycles. The molecule has 0 spiro atoms. The molecule has 0 amide bonds. The molecule has 1 atom stereocenters. The van der Waals surface area contributed by atoms with Crippen LogP contribution < -0.4 is 0 Å². The number of carbonyl (C=O) groups excluding carboxylic acids is 1. The predicted octanol–water partition coefficient (Wildman–Crippen LogP) is 9.15. The molecule has 7 heteroatoms. The highest BCUT2D eigenvalue weighted by atomic mass is 32.2. The van der Waals surface area contributed by atoms with E-state index in [0.717, 1.165) is 26.4 Å². The quantitative estimate of drug-likeness (QED) is 0.0590. The fourth-order valence-electron chi connectivity index (χ4n) is 4.63. The largest absolute Gasteiger partial charge is 0.468 e. The van der Waals surface area contributed by atoms with E-state index in [1.54, 1.807) is 24.6 Å². The van der Waals surface area contributed by atoms with Gasteiger partial charge in [0, 0.05) is 7.26 Å². The SMILES string of the molecule is CCCCCCCCCCC(C(=O)OC)S(=O)(=O)O.CCCC[P+](CCCC)(CCCC)CCCC. The summed E-state index contributed by atoms with van der Waals surface area (Å²) < 4.78 is 35.4. The highest BCUT2D eigenvalue weighted by Crippen LogP contribution is 2.61. The van der Waals surface area contributed by atoms with Crippen LogP contribution in [0.4, 0.5) is 0 Å². The Morgan fingerprint density at radius 2 is 0.972 bits per heavy atom. The van der Waals surface area contributed by atoms with Crippen molar-refractivity contribution >= 4 is 23.3 Å². The summed E-state index contributed by atoms with van der Waals surface area (Å²) in [5, 5.41) is -1.43. The molecule has 0 heterocycles. The summed E-state index contributed by atoms with van der Waals surface area (Å²) >= 11 is 0. The van der Waals surface area contributed by atoms with Gasteiger partial charge >= 0.3 is 5.97 Å². The van der Waals surface area contributed by atoms with Crippen LogP contribution in [0, 0.1) is 0 Å². The average Bonchev–Trinajstić information content (AvgIpc) is 2.86. The molecule has 1 unspecified atom stereocenters. The number of carbonyl (C=O) groups is 1. The number of hydrogen-bond acceptors (Lipinski definition) is 4. The minimum Gasteiger partial charge on any atom is -0.468 e. The van der Waals surface area contributed by atoms with Crippen molar-refractivity contribution in [2.75, 3.05) is 31.8 Å². The lowest BCUT2D eigenvalue weighted by atomic mass is 10.1. The second-order valence-corrected chi connectivity index (χ2v) is 16.5. The van der Waals surface area contributed by atoms with Crippen LogP contribution in [0.5, 0.6) is 0 Å². The van der Waals surface area contributed by atoms with Gasteiger partial charge in [0.05, 0.1) is 31.8 Å². The fraction of sp³-hybridized carbons (Fsp3) is 0.966. The molecule has 218 valence electrons. The van der Waals surface area contributed by atoms with Gasteiger partial charge in [-0.1, -0.05) is 112 Å². The summed E-state index contributed by atoms with van der Waals surface area (Å²) in [4.78, 5) is 11.2. The molecule has 1 N–H and O–H groups in total. The lowest BCUT2D eigenvalue weighted by Gasteiger charge is -2.28. The molecule has 0 aliphatic rings. The van der Waals surface area contributed by atoms with Crippen LogP contribution in [0.25, 0.3) is 0 Å². The number of ether oxygens (including phenoxy) is 1. The van der Waals surface area contributed by atoms with Gasteiger partial charge in [0.15, 0.2) is 5.25 Å². The maximum absolute atomic E-state index is 11.2. The molecular weight excluding hydrogens is 491 g/mol. The van der Waals surface area contributed by atoms with Gasteiger partial charge in [-0.3, -0.25) is 9.35 Å². The Labute approximate surface area is 226 Å². The maximum Gasteiger partial charge on any atom is 0.326 e. The maximum atomic E-state index is 11.2. The van der Waals surface area contributed by atoms with Crippen molar-refractivity contribution in [2.45, 2.75) is 149 Å². The summed E-state index contributed by atoms with van der Waals surface area (Å²) in [7, 11) is -3.80. The first kappa shape index (κ1) is 38.0. The third-order valence-electron chi connectivity index (χ3n) is 7.09. The molecule has 0 aromatic heterocycles. The van der Waals surface area contributed by atoms with E-state index in [4.69, 9.17) is 4.55 Å². The molecule has 0 aliphatic carbocycles. The average molecular weight is 554 g/mol. The van der Waals surface area contributed by atoms with Crippen LogP contribution in [0.2, 0.25) is 0 Å². The van der Waals surface area contributed by atoms with Gasteiger partial charge in [0.25, 0.3) is 10.1 Å². The van der Waals surface area contributed by atoms with Crippen LogP contribution >= 0.6 is 7.26 Å². The highest BCUT2D eigenvalue weighted by Gasteiger charge is 2.34. The van der Waals surface area contributed by atoms with Gasteiger partial charge < -0.3 is 4.74 Å². The van der Waals surface area contributed by atoms with E-state index in [0.29, 0.717) is 6.42 Å². The zero-order valence-electron chi connectivity index (χ0n) is 24.9. The number of methoxy groups -OCH3 is 1. The zero-order valence-corrected chi connectivity index (χ0v) is 26.6. The third-order valence-corrected chi connectivity index (χ3v) is 13.3. The van der Waals surface area contributed by atoms with Crippen LogP contribution in [0.1, 0.15) is 144 Å². The number of unbranched alkanes of at least 4 members (excludes halogenated alkanes) is 11. The van der Waals surface area contributed by atoms with Crippen LogP contribution in [-0.2, 0) is 19.6 Å². The molecule has 0 saturated carbocycles. The molecule has 0 rings (SSSR count). The second kappa shape index (κ2) is 25.1. The monoisotopic (exact) mass is 553 g/mol. The summed E-state index contributed by atoms with van der Waals surface area (Å²) in [5.41, 5.74) is 0. The Bertz CT molecular complexity index is 557. The molecule has 0 fully saturated rings. The second-order valence-electron chi connectivity index (χ2n) is 10.4. The van der Waals surface area contributed by atoms with Gasteiger partial charge in [-0.2, -0.15) is 8.42 Å². The Balaban J connectivity index is 0. The summed E-state index contributed by atoms with van der Waals surface area (Å²) in [6.45, 7) is 11.6. The van der Waals surface area contributed by atoms with E-state index in [1.165, 1.54) is 77.0 Å². The smallest absolute Gasteiger partial charge is 0.326 e. The Morgan fingerprint density at radius 3 is 1.28 bits per heavy atom. The fourth-order valence-corrected chi connectivity index (χ4v) is 10.7. The van der Waals surface area contributed by atoms with Gasteiger partial charge in [0.2, 0.25) is 0 Å². The van der Waals surface area contributed by atoms with E-state index in [-0.39, 0.29) is 6.42 Å². The van der Waals surface area contributed by atoms with E-state index >= 15 is 0 Å². The van der Waals surface area contributed by atoms with Gasteiger partial charge in [-0.25, -0.2) is 0 Å². The predicted molar refractivity (Wildman–Crippen MR) is 161 cm³/mol. The zero-order chi connectivity index (χ0) is 27.7. The first-order valence-electron chi connectivity index (χ1n) is 15.1. The van der Waals surface area contributed by atoms with Gasteiger partial charge in [-0.05, 0) is 32.1 Å². The first-order chi connectivity index (χ1) is 17.2. The van der Waals surface area contributed by atoms with Crippen molar-refractivity contribution in [3.8, 4) is 0 Å². The minimum absolute atomic E-state index is 0.125. The molecule has 36 heavy (non-hydrogen) atoms. The summed E-state index contributed by atoms with van der Waals surface area (Å²) in [6.07, 6.45) is 26.6. The van der Waals surface area contributed by atoms with E-state index in [9.17, 15) is 13.2 Å². The molecule has 0 radical (unpaired) electrons. The Kier molecular flexibility index (Phi) is 26.5. The topological polar surface area (TPSA) is 80.7 Å². The molecule has 0 aliphatic heterocycles. The summed E-state index contributed by atoms with van der Waals surface area (Å²) in [6, 6.07) is 0. The lowest BCUT2D eigenvalue weighted by molar-refractivity contribution is -0.140. The highest BCUT2D eigenvalue weighted by molar-refractivity contribution is 7.87. The number of hydrogen-bond donors (Lipinski definition) is 1. The normalized spacial score (nSPS) is 12.6. The van der Waals surface area contributed by atoms with Crippen molar-refractivity contribution in [3.05, 3.63) is 0 Å². The van der Waals surface area contributed by atoms with Gasteiger partial charge in [-0.15, -0.1) is 0 Å². The van der Waals surface area contributed by atoms with Crippen LogP contribution in [0.15, 0.2) is 0 Å². The van der Waals surface area contributed by atoms with E-state index < -0.39 is 28.6 Å². The standard InChI is InChI=1S/C16H36P.C13H26O5S/c1-5-9-13-17(14-10-6-2,15-11-7-3)16-12-8-4;1-3-4-5-6-7-8-9-10-11-12(13(14)18-2)19(15,16)17/h5-16H2,1-4H3;12H,3-11H2,1-2H3,(H,15,16,17)/q+1;. The Morgan fingerprint density at radius 1 is 0.639 bits per heavy atom. The van der Waals surface area contributed by atoms with Crippen LogP contribution in [-0.4, -0.2) is 55.9 Å². The first-order valence-corrected chi connectivity index (χ1v) is 19.1. The minimum atomic E-state index is -4.36. The van der Waals surface area contributed by atoms with E-state index in [1.807, 2.05) is 0 Å². The Hall–Kier alpha value is -0.190. The molecule has 0 bridgehead atoms. The lowest BCUT2D eigenvalue weighted by Crippen LogP contribution is -2.30. The molecule has 5 nitrogen and oxygen atoms in total. The number of esters is 1. The number of rotatable bonds is 23. The van der Waals surface area contributed by atoms with Crippen molar-refractivity contribution in [3.63, 3.8) is 0 Å². The molecule has 0 aromatic rings.